The number of benzene rings is 1. The first-order valence-corrected chi connectivity index (χ1v) is 6.48. The molecule has 2 rings (SSSR count). The predicted octanol–water partition coefficient (Wildman–Crippen LogP) is 2.84. The monoisotopic (exact) mass is 240 g/mol. The molecule has 0 fully saturated rings. The molecule has 18 heavy (non-hydrogen) atoms. The molecule has 1 heterocycles. The van der Waals surface area contributed by atoms with Gasteiger partial charge in [-0.3, -0.25) is 4.98 Å². The van der Waals surface area contributed by atoms with Crippen LogP contribution in [0.25, 0.3) is 0 Å². The fraction of sp³-hybridized carbons (Fsp3) is 0.312. The van der Waals surface area contributed by atoms with Gasteiger partial charge in [-0.15, -0.1) is 0 Å². The van der Waals surface area contributed by atoms with E-state index in [-0.39, 0.29) is 0 Å². The van der Waals surface area contributed by atoms with Crippen LogP contribution in [0.15, 0.2) is 54.9 Å². The first kappa shape index (κ1) is 12.8. The summed E-state index contributed by atoms with van der Waals surface area (Å²) >= 11 is 0. The van der Waals surface area contributed by atoms with E-state index in [1.54, 1.807) is 0 Å². The normalized spacial score (nSPS) is 12.3. The zero-order chi connectivity index (χ0) is 12.6. The maximum atomic E-state index is 4.16. The van der Waals surface area contributed by atoms with Crippen LogP contribution in [0.3, 0.4) is 0 Å². The Balaban J connectivity index is 1.86. The van der Waals surface area contributed by atoms with Crippen LogP contribution in [-0.2, 0) is 12.8 Å². The van der Waals surface area contributed by atoms with Gasteiger partial charge in [-0.2, -0.15) is 0 Å². The summed E-state index contributed by atoms with van der Waals surface area (Å²) in [6, 6.07) is 15.3. The Labute approximate surface area is 109 Å². The quantitative estimate of drug-likeness (QED) is 0.840. The van der Waals surface area contributed by atoms with Gasteiger partial charge in [0.1, 0.15) is 0 Å². The minimum absolute atomic E-state index is 0.509. The molecule has 0 saturated heterocycles. The van der Waals surface area contributed by atoms with Crippen molar-refractivity contribution in [1.29, 1.82) is 0 Å². The number of aryl methyl sites for hydroxylation is 1. The molecule has 0 radical (unpaired) electrons. The van der Waals surface area contributed by atoms with Crippen LogP contribution in [0, 0.1) is 0 Å². The highest BCUT2D eigenvalue weighted by Crippen LogP contribution is 2.09. The van der Waals surface area contributed by atoms with Gasteiger partial charge >= 0.3 is 0 Å². The van der Waals surface area contributed by atoms with E-state index in [4.69, 9.17) is 0 Å². The Bertz CT molecular complexity index is 439. The van der Waals surface area contributed by atoms with Crippen molar-refractivity contribution in [3.05, 3.63) is 66.0 Å². The van der Waals surface area contributed by atoms with E-state index in [2.05, 4.69) is 46.7 Å². The second kappa shape index (κ2) is 6.92. The number of likely N-dealkylation sites (N-methyl/N-ethyl adjacent to an activating group) is 1. The van der Waals surface area contributed by atoms with Gasteiger partial charge in [0, 0.05) is 18.4 Å². The third-order valence-electron chi connectivity index (χ3n) is 3.24. The first-order valence-electron chi connectivity index (χ1n) is 6.48. The van der Waals surface area contributed by atoms with Gasteiger partial charge in [-0.25, -0.2) is 0 Å². The molecule has 1 atom stereocenters. The Kier molecular flexibility index (Phi) is 4.91. The summed E-state index contributed by atoms with van der Waals surface area (Å²) in [4.78, 5) is 4.16. The zero-order valence-corrected chi connectivity index (χ0v) is 10.8. The van der Waals surface area contributed by atoms with Crippen LogP contribution in [0.5, 0.6) is 0 Å². The second-order valence-electron chi connectivity index (χ2n) is 4.58. The van der Waals surface area contributed by atoms with E-state index in [9.17, 15) is 0 Å². The zero-order valence-electron chi connectivity index (χ0n) is 10.8. The lowest BCUT2D eigenvalue weighted by Gasteiger charge is -2.16. The number of nitrogens with zero attached hydrogens (tertiary/aromatic N) is 1. The van der Waals surface area contributed by atoms with Crippen LogP contribution in [0.2, 0.25) is 0 Å². The third kappa shape index (κ3) is 3.97. The Morgan fingerprint density at radius 3 is 2.50 bits per heavy atom. The Morgan fingerprint density at radius 2 is 1.83 bits per heavy atom. The molecule has 0 aliphatic heterocycles. The highest BCUT2D eigenvalue weighted by atomic mass is 14.9. The van der Waals surface area contributed by atoms with Crippen molar-refractivity contribution in [2.24, 2.45) is 0 Å². The smallest absolute Gasteiger partial charge is 0.0300 e. The second-order valence-corrected chi connectivity index (χ2v) is 4.58. The van der Waals surface area contributed by atoms with Gasteiger partial charge in [-0.1, -0.05) is 36.4 Å². The number of pyridine rings is 1. The molecule has 94 valence electrons. The SMILES string of the molecule is CNC(CCc1ccccc1)Cc1cccnc1. The summed E-state index contributed by atoms with van der Waals surface area (Å²) in [5, 5.41) is 3.39. The summed E-state index contributed by atoms with van der Waals surface area (Å²) in [5.41, 5.74) is 2.70. The van der Waals surface area contributed by atoms with Crippen LogP contribution < -0.4 is 5.32 Å². The topological polar surface area (TPSA) is 24.9 Å². The highest BCUT2D eigenvalue weighted by molar-refractivity contribution is 5.15. The molecule has 0 aliphatic carbocycles. The van der Waals surface area contributed by atoms with E-state index in [1.165, 1.54) is 11.1 Å². The summed E-state index contributed by atoms with van der Waals surface area (Å²) in [7, 11) is 2.03. The van der Waals surface area contributed by atoms with E-state index in [0.29, 0.717) is 6.04 Å². The van der Waals surface area contributed by atoms with Crippen LogP contribution >= 0.6 is 0 Å². The molecule has 0 amide bonds. The van der Waals surface area contributed by atoms with Gasteiger partial charge in [-0.05, 0) is 43.5 Å². The molecule has 1 N–H and O–H groups in total. The van der Waals surface area contributed by atoms with Crippen molar-refractivity contribution in [3.8, 4) is 0 Å². The number of hydrogen-bond donors (Lipinski definition) is 1. The van der Waals surface area contributed by atoms with Crippen LogP contribution in [0.1, 0.15) is 17.5 Å². The number of aromatic nitrogens is 1. The minimum atomic E-state index is 0.509. The molecular formula is C16H20N2. The first-order chi connectivity index (χ1) is 8.88. The van der Waals surface area contributed by atoms with Gasteiger partial charge in [0.2, 0.25) is 0 Å². The number of hydrogen-bond acceptors (Lipinski definition) is 2. The molecule has 0 aliphatic rings. The third-order valence-corrected chi connectivity index (χ3v) is 3.24. The molecule has 0 saturated carbocycles. The van der Waals surface area contributed by atoms with Crippen molar-refractivity contribution in [2.75, 3.05) is 7.05 Å². The average Bonchev–Trinajstić information content (AvgIpc) is 2.45. The fourth-order valence-corrected chi connectivity index (χ4v) is 2.14. The van der Waals surface area contributed by atoms with E-state index in [1.807, 2.05) is 25.5 Å². The maximum absolute atomic E-state index is 4.16. The fourth-order valence-electron chi connectivity index (χ4n) is 2.14. The molecular weight excluding hydrogens is 220 g/mol. The lowest BCUT2D eigenvalue weighted by Crippen LogP contribution is -2.28. The molecule has 1 aromatic heterocycles. The number of nitrogens with one attached hydrogen (secondary N) is 1. The molecule has 0 bridgehead atoms. The van der Waals surface area contributed by atoms with Gasteiger partial charge in [0.15, 0.2) is 0 Å². The Hall–Kier alpha value is -1.67. The molecule has 2 aromatic rings. The van der Waals surface area contributed by atoms with Crippen molar-refractivity contribution in [1.82, 2.24) is 10.3 Å². The molecule has 2 heteroatoms. The van der Waals surface area contributed by atoms with Crippen LogP contribution in [-0.4, -0.2) is 18.1 Å². The lowest BCUT2D eigenvalue weighted by atomic mass is 10.00. The summed E-state index contributed by atoms with van der Waals surface area (Å²) in [5.74, 6) is 0. The molecule has 1 aromatic carbocycles. The Morgan fingerprint density at radius 1 is 1.06 bits per heavy atom. The largest absolute Gasteiger partial charge is 0.317 e. The number of rotatable bonds is 6. The van der Waals surface area contributed by atoms with E-state index >= 15 is 0 Å². The summed E-state index contributed by atoms with van der Waals surface area (Å²) in [6.45, 7) is 0. The van der Waals surface area contributed by atoms with Crippen molar-refractivity contribution < 1.29 is 0 Å². The van der Waals surface area contributed by atoms with Crippen molar-refractivity contribution in [2.45, 2.75) is 25.3 Å². The molecule has 2 nitrogen and oxygen atoms in total. The van der Waals surface area contributed by atoms with Gasteiger partial charge in [0.05, 0.1) is 0 Å². The van der Waals surface area contributed by atoms with Gasteiger partial charge in [0.25, 0.3) is 0 Å². The van der Waals surface area contributed by atoms with Gasteiger partial charge < -0.3 is 5.32 Å². The summed E-state index contributed by atoms with van der Waals surface area (Å²) in [6.07, 6.45) is 7.08. The van der Waals surface area contributed by atoms with E-state index < -0.39 is 0 Å². The highest BCUT2D eigenvalue weighted by Gasteiger charge is 2.07. The van der Waals surface area contributed by atoms with Crippen molar-refractivity contribution >= 4 is 0 Å². The predicted molar refractivity (Wildman–Crippen MR) is 75.6 cm³/mol. The maximum Gasteiger partial charge on any atom is 0.0300 e. The summed E-state index contributed by atoms with van der Waals surface area (Å²) < 4.78 is 0. The lowest BCUT2D eigenvalue weighted by molar-refractivity contribution is 0.519. The minimum Gasteiger partial charge on any atom is -0.317 e. The molecule has 1 unspecified atom stereocenters. The van der Waals surface area contributed by atoms with Crippen molar-refractivity contribution in [3.63, 3.8) is 0 Å². The van der Waals surface area contributed by atoms with Crippen LogP contribution in [0.4, 0.5) is 0 Å². The average molecular weight is 240 g/mol. The van der Waals surface area contributed by atoms with E-state index in [0.717, 1.165) is 19.3 Å². The standard InChI is InChI=1S/C16H20N2/c1-17-16(12-15-8-5-11-18-13-15)10-9-14-6-3-2-4-7-14/h2-8,11,13,16-17H,9-10,12H2,1H3. The molecule has 0 spiro atoms.